The van der Waals surface area contributed by atoms with Crippen molar-refractivity contribution in [3.05, 3.63) is 18.0 Å². The molecule has 0 radical (unpaired) electrons. The Morgan fingerprint density at radius 1 is 1.62 bits per heavy atom. The molecule has 2 N–H and O–H groups in total. The number of carbonyl (C=O) groups excluding carboxylic acids is 1. The molecule has 0 aliphatic heterocycles. The molecule has 7 heteroatoms. The van der Waals surface area contributed by atoms with Crippen molar-refractivity contribution >= 4 is 11.9 Å². The van der Waals surface area contributed by atoms with Crippen molar-refractivity contribution in [3.8, 4) is 0 Å². The molecule has 0 atom stereocenters. The van der Waals surface area contributed by atoms with Crippen LogP contribution in [0.4, 0.5) is 0 Å². The molecule has 1 amide bonds. The van der Waals surface area contributed by atoms with Crippen LogP contribution >= 0.6 is 0 Å². The van der Waals surface area contributed by atoms with Crippen LogP contribution in [0.1, 0.15) is 10.4 Å². The number of aromatic amines is 1. The summed E-state index contributed by atoms with van der Waals surface area (Å²) in [5.74, 6) is -1.44. The van der Waals surface area contributed by atoms with E-state index in [1.165, 1.54) is 24.4 Å². The molecule has 0 aliphatic rings. The number of carbonyl (C=O) groups is 2. The minimum Gasteiger partial charge on any atom is -0.480 e. The predicted molar refractivity (Wildman–Crippen MR) is 54.0 cm³/mol. The highest BCUT2D eigenvalue weighted by molar-refractivity contribution is 5.95. The van der Waals surface area contributed by atoms with E-state index in [0.29, 0.717) is 5.56 Å². The highest BCUT2D eigenvalue weighted by atomic mass is 16.5. The van der Waals surface area contributed by atoms with Crippen molar-refractivity contribution in [2.24, 2.45) is 0 Å². The molecule has 0 fully saturated rings. The van der Waals surface area contributed by atoms with Gasteiger partial charge in [0, 0.05) is 19.9 Å². The zero-order valence-corrected chi connectivity index (χ0v) is 8.84. The highest BCUT2D eigenvalue weighted by Gasteiger charge is 2.18. The minimum absolute atomic E-state index is 0.229. The van der Waals surface area contributed by atoms with Crippen LogP contribution in [-0.2, 0) is 9.53 Å². The number of amides is 1. The monoisotopic (exact) mass is 227 g/mol. The third-order valence-electron chi connectivity index (χ3n) is 1.92. The Morgan fingerprint density at radius 2 is 2.38 bits per heavy atom. The van der Waals surface area contributed by atoms with E-state index in [2.05, 4.69) is 10.2 Å². The van der Waals surface area contributed by atoms with Gasteiger partial charge in [0.15, 0.2) is 0 Å². The second-order valence-electron chi connectivity index (χ2n) is 3.10. The summed E-state index contributed by atoms with van der Waals surface area (Å²) in [5.41, 5.74) is 0.331. The lowest BCUT2D eigenvalue weighted by molar-refractivity contribution is -0.137. The van der Waals surface area contributed by atoms with Gasteiger partial charge in [0.2, 0.25) is 0 Å². The molecule has 0 aliphatic carbocycles. The molecule has 88 valence electrons. The van der Waals surface area contributed by atoms with Gasteiger partial charge in [0.25, 0.3) is 5.91 Å². The Bertz CT molecular complexity index is 350. The first-order valence-electron chi connectivity index (χ1n) is 4.64. The van der Waals surface area contributed by atoms with Crippen LogP contribution in [0, 0.1) is 0 Å². The molecule has 16 heavy (non-hydrogen) atoms. The van der Waals surface area contributed by atoms with Crippen LogP contribution in [0.5, 0.6) is 0 Å². The quantitative estimate of drug-likeness (QED) is 0.688. The molecule has 0 bridgehead atoms. The molecule has 0 spiro atoms. The van der Waals surface area contributed by atoms with E-state index in [1.54, 1.807) is 0 Å². The molecular formula is C9H13N3O4. The Morgan fingerprint density at radius 3 is 2.88 bits per heavy atom. The molecular weight excluding hydrogens is 214 g/mol. The fourth-order valence-electron chi connectivity index (χ4n) is 1.17. The van der Waals surface area contributed by atoms with E-state index in [0.717, 1.165) is 0 Å². The summed E-state index contributed by atoms with van der Waals surface area (Å²) in [7, 11) is 1.49. The largest absolute Gasteiger partial charge is 0.480 e. The summed E-state index contributed by atoms with van der Waals surface area (Å²) in [6.45, 7) is 0.164. The van der Waals surface area contributed by atoms with Crippen LogP contribution in [0.25, 0.3) is 0 Å². The molecule has 0 saturated heterocycles. The number of carboxylic acids is 1. The Balaban J connectivity index is 2.67. The second kappa shape index (κ2) is 5.86. The second-order valence-corrected chi connectivity index (χ2v) is 3.10. The number of hydrogen-bond donors (Lipinski definition) is 2. The van der Waals surface area contributed by atoms with Crippen molar-refractivity contribution in [1.29, 1.82) is 0 Å². The number of nitrogens with one attached hydrogen (secondary N) is 1. The standard InChI is InChI=1S/C9H13N3O4/c1-16-3-2-12(6-8(13)14)9(15)7-4-10-11-5-7/h4-5H,2-3,6H2,1H3,(H,10,11)(H,13,14). The van der Waals surface area contributed by atoms with Gasteiger partial charge in [-0.05, 0) is 0 Å². The van der Waals surface area contributed by atoms with Crippen LogP contribution in [0.3, 0.4) is 0 Å². The van der Waals surface area contributed by atoms with Crippen LogP contribution in [-0.4, -0.2) is 58.9 Å². The van der Waals surface area contributed by atoms with Gasteiger partial charge in [-0.1, -0.05) is 0 Å². The van der Waals surface area contributed by atoms with Gasteiger partial charge >= 0.3 is 5.97 Å². The van der Waals surface area contributed by atoms with Crippen molar-refractivity contribution < 1.29 is 19.4 Å². The number of ether oxygens (including phenoxy) is 1. The van der Waals surface area contributed by atoms with Crippen molar-refractivity contribution in [2.75, 3.05) is 26.8 Å². The summed E-state index contributed by atoms with van der Waals surface area (Å²) in [5, 5.41) is 14.8. The maximum absolute atomic E-state index is 11.8. The summed E-state index contributed by atoms with van der Waals surface area (Å²) in [6.07, 6.45) is 2.77. The molecule has 0 aromatic carbocycles. The van der Waals surface area contributed by atoms with Crippen LogP contribution in [0.15, 0.2) is 12.4 Å². The van der Waals surface area contributed by atoms with E-state index >= 15 is 0 Å². The molecule has 7 nitrogen and oxygen atoms in total. The summed E-state index contributed by atoms with van der Waals surface area (Å²) < 4.78 is 4.81. The number of nitrogens with zero attached hydrogens (tertiary/aromatic N) is 2. The molecule has 0 unspecified atom stereocenters. The van der Waals surface area contributed by atoms with Gasteiger partial charge in [-0.2, -0.15) is 5.10 Å². The van der Waals surface area contributed by atoms with Crippen molar-refractivity contribution in [2.45, 2.75) is 0 Å². The van der Waals surface area contributed by atoms with E-state index in [-0.39, 0.29) is 25.6 Å². The van der Waals surface area contributed by atoms with Gasteiger partial charge in [0.1, 0.15) is 6.54 Å². The lowest BCUT2D eigenvalue weighted by atomic mass is 10.3. The average molecular weight is 227 g/mol. The summed E-state index contributed by atoms with van der Waals surface area (Å²) in [6, 6.07) is 0. The first-order chi connectivity index (χ1) is 7.65. The summed E-state index contributed by atoms with van der Waals surface area (Å²) in [4.78, 5) is 23.6. The summed E-state index contributed by atoms with van der Waals surface area (Å²) >= 11 is 0. The normalized spacial score (nSPS) is 10.1. The number of hydrogen-bond acceptors (Lipinski definition) is 4. The third kappa shape index (κ3) is 3.35. The molecule has 1 heterocycles. The first kappa shape index (κ1) is 12.2. The van der Waals surface area contributed by atoms with E-state index in [9.17, 15) is 9.59 Å². The Kier molecular flexibility index (Phi) is 4.46. The van der Waals surface area contributed by atoms with Gasteiger partial charge in [-0.3, -0.25) is 14.7 Å². The van der Waals surface area contributed by atoms with Crippen LogP contribution < -0.4 is 0 Å². The number of aliphatic carboxylic acids is 1. The molecule has 1 rings (SSSR count). The van der Waals surface area contributed by atoms with Gasteiger partial charge in [0.05, 0.1) is 18.4 Å². The maximum Gasteiger partial charge on any atom is 0.323 e. The zero-order chi connectivity index (χ0) is 12.0. The highest BCUT2D eigenvalue weighted by Crippen LogP contribution is 2.02. The average Bonchev–Trinajstić information content (AvgIpc) is 2.76. The minimum atomic E-state index is -1.06. The number of rotatable bonds is 6. The number of methoxy groups -OCH3 is 1. The third-order valence-corrected chi connectivity index (χ3v) is 1.92. The maximum atomic E-state index is 11.8. The van der Waals surface area contributed by atoms with E-state index in [1.807, 2.05) is 0 Å². The zero-order valence-electron chi connectivity index (χ0n) is 8.84. The topological polar surface area (TPSA) is 95.5 Å². The number of aromatic nitrogens is 2. The van der Waals surface area contributed by atoms with E-state index in [4.69, 9.17) is 9.84 Å². The van der Waals surface area contributed by atoms with Gasteiger partial charge < -0.3 is 14.7 Å². The Labute approximate surface area is 92.0 Å². The molecule has 1 aromatic heterocycles. The lowest BCUT2D eigenvalue weighted by Crippen LogP contribution is -2.37. The molecule has 1 aromatic rings. The number of H-pyrrole nitrogens is 1. The van der Waals surface area contributed by atoms with Gasteiger partial charge in [-0.15, -0.1) is 0 Å². The smallest absolute Gasteiger partial charge is 0.323 e. The lowest BCUT2D eigenvalue weighted by Gasteiger charge is -2.19. The Hall–Kier alpha value is -1.89. The number of carboxylic acid groups (broad SMARTS) is 1. The van der Waals surface area contributed by atoms with E-state index < -0.39 is 5.97 Å². The van der Waals surface area contributed by atoms with Crippen molar-refractivity contribution in [3.63, 3.8) is 0 Å². The fourth-order valence-corrected chi connectivity index (χ4v) is 1.17. The van der Waals surface area contributed by atoms with Crippen molar-refractivity contribution in [1.82, 2.24) is 15.1 Å². The van der Waals surface area contributed by atoms with Crippen LogP contribution in [0.2, 0.25) is 0 Å². The SMILES string of the molecule is COCCN(CC(=O)O)C(=O)c1cn[nH]c1. The fraction of sp³-hybridized carbons (Fsp3) is 0.444. The van der Waals surface area contributed by atoms with Gasteiger partial charge in [-0.25, -0.2) is 0 Å². The first-order valence-corrected chi connectivity index (χ1v) is 4.64. The predicted octanol–water partition coefficient (Wildman–Crippen LogP) is -0.417. The molecule has 0 saturated carbocycles.